The molecule has 7 heteroatoms. The second-order valence-electron chi connectivity index (χ2n) is 7.16. The summed E-state index contributed by atoms with van der Waals surface area (Å²) < 4.78 is 24.0. The Labute approximate surface area is 179 Å². The van der Waals surface area contributed by atoms with Gasteiger partial charge in [-0.25, -0.2) is 9.37 Å². The van der Waals surface area contributed by atoms with E-state index in [1.165, 1.54) is 28.8 Å². The molecule has 1 aliphatic heterocycles. The molecule has 0 atom stereocenters. The molecule has 1 aliphatic rings. The topological polar surface area (TPSA) is 37.4 Å². The molecule has 29 heavy (non-hydrogen) atoms. The Morgan fingerprint density at radius 1 is 1.21 bits per heavy atom. The lowest BCUT2D eigenvalue weighted by molar-refractivity contribution is 0.0958. The number of thiazole rings is 1. The van der Waals surface area contributed by atoms with Gasteiger partial charge in [0.05, 0.1) is 10.4 Å². The lowest BCUT2D eigenvalue weighted by Crippen LogP contribution is -2.37. The third kappa shape index (κ3) is 5.29. The van der Waals surface area contributed by atoms with E-state index < -0.39 is 0 Å². The molecular formula is C22H24FN3OS2. The van der Waals surface area contributed by atoms with E-state index >= 15 is 0 Å². The van der Waals surface area contributed by atoms with Crippen LogP contribution >= 0.6 is 23.3 Å². The standard InChI is InChI=1S/C22H24FN3OS2/c1-16-19(7-8-20(22(16)23)29-25-21-14-28-15-24-21)27-18-9-11-26(12-10-18)13-17-5-3-2-4-6-17/h2-8,14-15,18,25H,9-13H2,1H3. The molecule has 1 fully saturated rings. The molecule has 0 saturated carbocycles. The number of ether oxygens (including phenoxy) is 1. The number of nitrogens with one attached hydrogen (secondary N) is 1. The predicted molar refractivity (Wildman–Crippen MR) is 118 cm³/mol. The fourth-order valence-electron chi connectivity index (χ4n) is 3.43. The first-order valence-electron chi connectivity index (χ1n) is 9.72. The van der Waals surface area contributed by atoms with Crippen LogP contribution < -0.4 is 9.46 Å². The Morgan fingerprint density at radius 2 is 2.00 bits per heavy atom. The molecule has 4 nitrogen and oxygen atoms in total. The van der Waals surface area contributed by atoms with Crippen LogP contribution in [0.1, 0.15) is 24.0 Å². The SMILES string of the molecule is Cc1c(OC2CCN(Cc3ccccc3)CC2)ccc(SNc2cscn2)c1F. The molecule has 0 amide bonds. The van der Waals surface area contributed by atoms with Crippen LogP contribution in [-0.4, -0.2) is 29.1 Å². The number of rotatable bonds is 7. The Bertz CT molecular complexity index is 913. The van der Waals surface area contributed by atoms with Crippen molar-refractivity contribution in [3.63, 3.8) is 0 Å². The second kappa shape index (κ2) is 9.61. The number of hydrogen-bond acceptors (Lipinski definition) is 6. The van der Waals surface area contributed by atoms with Gasteiger partial charge in [-0.1, -0.05) is 30.3 Å². The van der Waals surface area contributed by atoms with Gasteiger partial charge in [0.1, 0.15) is 23.5 Å². The minimum absolute atomic E-state index is 0.131. The van der Waals surface area contributed by atoms with Crippen molar-refractivity contribution in [2.45, 2.75) is 37.3 Å². The van der Waals surface area contributed by atoms with Gasteiger partial charge in [-0.3, -0.25) is 4.90 Å². The molecule has 0 spiro atoms. The quantitative estimate of drug-likeness (QED) is 0.484. The maximum atomic E-state index is 14.8. The van der Waals surface area contributed by atoms with Gasteiger partial charge < -0.3 is 9.46 Å². The van der Waals surface area contributed by atoms with Crippen LogP contribution in [0.15, 0.2) is 58.3 Å². The van der Waals surface area contributed by atoms with E-state index in [-0.39, 0.29) is 11.9 Å². The summed E-state index contributed by atoms with van der Waals surface area (Å²) in [6.45, 7) is 4.74. The van der Waals surface area contributed by atoms with Crippen molar-refractivity contribution in [3.05, 3.63) is 70.3 Å². The Hall–Kier alpha value is -2.09. The van der Waals surface area contributed by atoms with Crippen LogP contribution in [0, 0.1) is 12.7 Å². The summed E-state index contributed by atoms with van der Waals surface area (Å²) in [7, 11) is 0. The summed E-state index contributed by atoms with van der Waals surface area (Å²) in [4.78, 5) is 7.14. The third-order valence-corrected chi connectivity index (χ3v) is 6.51. The molecule has 1 saturated heterocycles. The van der Waals surface area contributed by atoms with Gasteiger partial charge in [0.2, 0.25) is 0 Å². The Kier molecular flexibility index (Phi) is 6.69. The van der Waals surface area contributed by atoms with Crippen LogP contribution in [-0.2, 0) is 6.54 Å². The number of anilines is 1. The molecule has 1 aromatic heterocycles. The van der Waals surface area contributed by atoms with Gasteiger partial charge in [-0.05, 0) is 49.4 Å². The summed E-state index contributed by atoms with van der Waals surface area (Å²) in [5, 5.41) is 1.89. The molecule has 0 aliphatic carbocycles. The fraction of sp³-hybridized carbons (Fsp3) is 0.318. The van der Waals surface area contributed by atoms with Crippen LogP contribution in [0.2, 0.25) is 0 Å². The molecule has 2 heterocycles. The summed E-state index contributed by atoms with van der Waals surface area (Å²) in [6, 6.07) is 14.2. The van der Waals surface area contributed by atoms with Gasteiger partial charge in [0.15, 0.2) is 0 Å². The monoisotopic (exact) mass is 429 g/mol. The number of piperidine rings is 1. The molecular weight excluding hydrogens is 405 g/mol. The zero-order chi connectivity index (χ0) is 20.1. The summed E-state index contributed by atoms with van der Waals surface area (Å²) >= 11 is 2.73. The highest BCUT2D eigenvalue weighted by molar-refractivity contribution is 8.00. The first kappa shape index (κ1) is 20.2. The normalized spacial score (nSPS) is 15.4. The van der Waals surface area contributed by atoms with Gasteiger partial charge >= 0.3 is 0 Å². The van der Waals surface area contributed by atoms with E-state index in [1.807, 2.05) is 17.5 Å². The molecule has 0 bridgehead atoms. The summed E-state index contributed by atoms with van der Waals surface area (Å²) in [5.41, 5.74) is 3.64. The minimum Gasteiger partial charge on any atom is -0.490 e. The number of benzene rings is 2. The predicted octanol–water partition coefficient (Wildman–Crippen LogP) is 5.75. The lowest BCUT2D eigenvalue weighted by Gasteiger charge is -2.32. The highest BCUT2D eigenvalue weighted by Gasteiger charge is 2.22. The third-order valence-electron chi connectivity index (χ3n) is 5.08. The largest absolute Gasteiger partial charge is 0.490 e. The second-order valence-corrected chi connectivity index (χ2v) is 8.72. The molecule has 0 unspecified atom stereocenters. The Balaban J connectivity index is 1.31. The molecule has 1 N–H and O–H groups in total. The molecule has 0 radical (unpaired) electrons. The van der Waals surface area contributed by atoms with Crippen LogP contribution in [0.25, 0.3) is 0 Å². The van der Waals surface area contributed by atoms with Gasteiger partial charge in [0.25, 0.3) is 0 Å². The summed E-state index contributed by atoms with van der Waals surface area (Å²) in [6.07, 6.45) is 2.04. The van der Waals surface area contributed by atoms with Crippen LogP contribution in [0.5, 0.6) is 5.75 Å². The van der Waals surface area contributed by atoms with E-state index in [9.17, 15) is 4.39 Å². The number of aromatic nitrogens is 1. The van der Waals surface area contributed by atoms with E-state index in [4.69, 9.17) is 4.74 Å². The van der Waals surface area contributed by atoms with Gasteiger partial charge in [-0.2, -0.15) is 0 Å². The highest BCUT2D eigenvalue weighted by atomic mass is 32.2. The van der Waals surface area contributed by atoms with Crippen molar-refractivity contribution in [2.24, 2.45) is 0 Å². The maximum Gasteiger partial charge on any atom is 0.147 e. The molecule has 3 aromatic rings. The average Bonchev–Trinajstić information content (AvgIpc) is 3.27. The zero-order valence-electron chi connectivity index (χ0n) is 16.3. The molecule has 2 aromatic carbocycles. The average molecular weight is 430 g/mol. The van der Waals surface area contributed by atoms with Crippen molar-refractivity contribution in [1.82, 2.24) is 9.88 Å². The number of nitrogens with zero attached hydrogens (tertiary/aromatic N) is 2. The van der Waals surface area contributed by atoms with Gasteiger partial charge in [-0.15, -0.1) is 11.3 Å². The number of hydrogen-bond donors (Lipinski definition) is 1. The van der Waals surface area contributed by atoms with E-state index in [2.05, 4.69) is 38.9 Å². The number of halogens is 1. The maximum absolute atomic E-state index is 14.8. The summed E-state index contributed by atoms with van der Waals surface area (Å²) in [5.74, 6) is 1.14. The zero-order valence-corrected chi connectivity index (χ0v) is 17.9. The highest BCUT2D eigenvalue weighted by Crippen LogP contribution is 2.32. The Morgan fingerprint density at radius 3 is 2.72 bits per heavy atom. The van der Waals surface area contributed by atoms with E-state index in [1.54, 1.807) is 18.5 Å². The van der Waals surface area contributed by atoms with E-state index in [0.29, 0.717) is 16.2 Å². The molecule has 4 rings (SSSR count). The minimum atomic E-state index is -0.239. The van der Waals surface area contributed by atoms with Crippen molar-refractivity contribution in [1.29, 1.82) is 0 Å². The lowest BCUT2D eigenvalue weighted by atomic mass is 10.1. The van der Waals surface area contributed by atoms with E-state index in [0.717, 1.165) is 38.3 Å². The van der Waals surface area contributed by atoms with Crippen LogP contribution in [0.3, 0.4) is 0 Å². The first-order valence-corrected chi connectivity index (χ1v) is 11.5. The van der Waals surface area contributed by atoms with Crippen molar-refractivity contribution in [2.75, 3.05) is 17.8 Å². The first-order chi connectivity index (χ1) is 14.2. The fourth-order valence-corrected chi connectivity index (χ4v) is 4.69. The van der Waals surface area contributed by atoms with Crippen molar-refractivity contribution < 1.29 is 9.13 Å². The van der Waals surface area contributed by atoms with Gasteiger partial charge in [0, 0.05) is 30.6 Å². The number of likely N-dealkylation sites (tertiary alicyclic amines) is 1. The van der Waals surface area contributed by atoms with Crippen molar-refractivity contribution >= 4 is 29.1 Å². The van der Waals surface area contributed by atoms with Crippen molar-refractivity contribution in [3.8, 4) is 5.75 Å². The smallest absolute Gasteiger partial charge is 0.147 e. The molecule has 152 valence electrons. The van der Waals surface area contributed by atoms with Crippen LogP contribution in [0.4, 0.5) is 10.2 Å².